The number of para-hydroxylation sites is 1. The van der Waals surface area contributed by atoms with E-state index in [-0.39, 0.29) is 23.2 Å². The number of carbonyl (C=O) groups excluding carboxylic acids is 2. The molecule has 3 rings (SSSR count). The van der Waals surface area contributed by atoms with Gasteiger partial charge in [-0.05, 0) is 18.2 Å². The Hall–Kier alpha value is -2.93. The van der Waals surface area contributed by atoms with Crippen LogP contribution in [0.25, 0.3) is 0 Å². The fourth-order valence-electron chi connectivity index (χ4n) is 2.72. The third-order valence-corrected chi connectivity index (χ3v) is 4.13. The van der Waals surface area contributed by atoms with E-state index in [4.69, 9.17) is 9.47 Å². The molecule has 7 heteroatoms. The van der Waals surface area contributed by atoms with E-state index in [2.05, 4.69) is 10.3 Å². The molecule has 1 aromatic carbocycles. The zero-order valence-corrected chi connectivity index (χ0v) is 14.6. The number of hydrogen-bond donors (Lipinski definition) is 1. The number of pyridine rings is 1. The molecule has 1 aromatic heterocycles. The van der Waals surface area contributed by atoms with Crippen LogP contribution < -0.4 is 10.1 Å². The maximum Gasteiger partial charge on any atom is 0.272 e. The zero-order valence-electron chi connectivity index (χ0n) is 14.6. The lowest BCUT2D eigenvalue weighted by molar-refractivity contribution is 0.0299. The second kappa shape index (κ2) is 8.44. The molecular formula is C19H21N3O4. The van der Waals surface area contributed by atoms with Gasteiger partial charge in [-0.15, -0.1) is 0 Å². The third-order valence-electron chi connectivity index (χ3n) is 4.13. The summed E-state index contributed by atoms with van der Waals surface area (Å²) in [5.74, 6) is 0.178. The van der Waals surface area contributed by atoms with Crippen molar-refractivity contribution in [2.24, 2.45) is 0 Å². The van der Waals surface area contributed by atoms with Crippen molar-refractivity contribution in [3.8, 4) is 5.75 Å². The van der Waals surface area contributed by atoms with Gasteiger partial charge in [-0.25, -0.2) is 4.98 Å². The molecule has 1 aliphatic rings. The first-order valence-corrected chi connectivity index (χ1v) is 8.43. The summed E-state index contributed by atoms with van der Waals surface area (Å²) >= 11 is 0. The minimum atomic E-state index is -0.340. The Morgan fingerprint density at radius 3 is 2.62 bits per heavy atom. The minimum Gasteiger partial charge on any atom is -0.496 e. The fraction of sp³-hybridized carbons (Fsp3) is 0.316. The smallest absolute Gasteiger partial charge is 0.272 e. The Balaban J connectivity index is 1.67. The van der Waals surface area contributed by atoms with Gasteiger partial charge in [0, 0.05) is 25.2 Å². The van der Waals surface area contributed by atoms with Crippen molar-refractivity contribution < 1.29 is 19.1 Å². The van der Waals surface area contributed by atoms with Crippen LogP contribution in [0.15, 0.2) is 42.5 Å². The lowest BCUT2D eigenvalue weighted by Gasteiger charge is -2.26. The molecule has 1 fully saturated rings. The Kier molecular flexibility index (Phi) is 5.80. The number of nitrogens with zero attached hydrogens (tertiary/aromatic N) is 2. The number of amides is 2. The highest BCUT2D eigenvalue weighted by Crippen LogP contribution is 2.16. The van der Waals surface area contributed by atoms with Crippen molar-refractivity contribution in [1.29, 1.82) is 0 Å². The van der Waals surface area contributed by atoms with Crippen LogP contribution in [0.5, 0.6) is 5.75 Å². The molecule has 2 heterocycles. The van der Waals surface area contributed by atoms with Gasteiger partial charge in [0.05, 0.1) is 20.3 Å². The molecule has 1 aliphatic heterocycles. The largest absolute Gasteiger partial charge is 0.496 e. The van der Waals surface area contributed by atoms with Gasteiger partial charge >= 0.3 is 0 Å². The highest BCUT2D eigenvalue weighted by molar-refractivity contribution is 5.96. The Morgan fingerprint density at radius 1 is 1.12 bits per heavy atom. The Labute approximate surface area is 151 Å². The van der Waals surface area contributed by atoms with E-state index in [0.29, 0.717) is 38.6 Å². The number of nitrogens with one attached hydrogen (secondary N) is 1. The van der Waals surface area contributed by atoms with Crippen molar-refractivity contribution >= 4 is 11.8 Å². The topological polar surface area (TPSA) is 80.8 Å². The summed E-state index contributed by atoms with van der Waals surface area (Å²) in [5.41, 5.74) is 1.33. The third kappa shape index (κ3) is 4.18. The van der Waals surface area contributed by atoms with E-state index >= 15 is 0 Å². The second-order valence-corrected chi connectivity index (χ2v) is 5.81. The van der Waals surface area contributed by atoms with Gasteiger partial charge in [-0.3, -0.25) is 9.59 Å². The molecule has 0 radical (unpaired) electrons. The average Bonchev–Trinajstić information content (AvgIpc) is 2.72. The molecule has 0 unspecified atom stereocenters. The number of aromatic nitrogens is 1. The van der Waals surface area contributed by atoms with Crippen LogP contribution in [0, 0.1) is 0 Å². The molecule has 7 nitrogen and oxygen atoms in total. The van der Waals surface area contributed by atoms with Gasteiger partial charge < -0.3 is 19.7 Å². The summed E-state index contributed by atoms with van der Waals surface area (Å²) in [5, 5.41) is 2.81. The standard InChI is InChI=1S/C19H21N3O4/c1-25-17-8-3-2-5-14(17)13-20-18(23)15-6-4-7-16(21-15)19(24)22-9-11-26-12-10-22/h2-8H,9-13H2,1H3,(H,20,23). The van der Waals surface area contributed by atoms with E-state index in [9.17, 15) is 9.59 Å². The molecule has 0 aliphatic carbocycles. The van der Waals surface area contributed by atoms with Crippen molar-refractivity contribution in [2.45, 2.75) is 6.54 Å². The SMILES string of the molecule is COc1ccccc1CNC(=O)c1cccc(C(=O)N2CCOCC2)n1. The van der Waals surface area contributed by atoms with Gasteiger partial charge in [0.25, 0.3) is 11.8 Å². The summed E-state index contributed by atoms with van der Waals surface area (Å²) in [4.78, 5) is 30.8. The van der Waals surface area contributed by atoms with Crippen LogP contribution in [-0.4, -0.2) is 55.1 Å². The van der Waals surface area contributed by atoms with E-state index in [1.54, 1.807) is 30.2 Å². The highest BCUT2D eigenvalue weighted by Gasteiger charge is 2.20. The minimum absolute atomic E-state index is 0.187. The summed E-state index contributed by atoms with van der Waals surface area (Å²) in [6, 6.07) is 12.3. The van der Waals surface area contributed by atoms with Crippen molar-refractivity contribution in [3.05, 3.63) is 59.4 Å². The van der Waals surface area contributed by atoms with Crippen LogP contribution in [0.1, 0.15) is 26.5 Å². The van der Waals surface area contributed by atoms with Crippen LogP contribution in [0.4, 0.5) is 0 Å². The van der Waals surface area contributed by atoms with Crippen molar-refractivity contribution in [1.82, 2.24) is 15.2 Å². The van der Waals surface area contributed by atoms with Gasteiger partial charge in [0.15, 0.2) is 0 Å². The maximum atomic E-state index is 12.5. The van der Waals surface area contributed by atoms with Crippen molar-refractivity contribution in [2.75, 3.05) is 33.4 Å². The Bertz CT molecular complexity index is 788. The quantitative estimate of drug-likeness (QED) is 0.879. The molecule has 0 saturated carbocycles. The predicted octanol–water partition coefficient (Wildman–Crippen LogP) is 1.49. The number of methoxy groups -OCH3 is 1. The van der Waals surface area contributed by atoms with E-state index in [1.807, 2.05) is 24.3 Å². The number of morpholine rings is 1. The molecule has 2 aromatic rings. The van der Waals surface area contributed by atoms with E-state index in [1.165, 1.54) is 0 Å². The molecule has 1 saturated heterocycles. The number of benzene rings is 1. The number of hydrogen-bond acceptors (Lipinski definition) is 5. The lowest BCUT2D eigenvalue weighted by atomic mass is 10.2. The fourth-order valence-corrected chi connectivity index (χ4v) is 2.72. The van der Waals surface area contributed by atoms with Gasteiger partial charge in [-0.1, -0.05) is 24.3 Å². The summed E-state index contributed by atoms with van der Waals surface area (Å²) in [6.45, 7) is 2.41. The normalized spacial score (nSPS) is 14.0. The monoisotopic (exact) mass is 355 g/mol. The highest BCUT2D eigenvalue weighted by atomic mass is 16.5. The molecule has 1 N–H and O–H groups in total. The number of ether oxygens (including phenoxy) is 2. The van der Waals surface area contributed by atoms with Gasteiger partial charge in [0.2, 0.25) is 0 Å². The second-order valence-electron chi connectivity index (χ2n) is 5.81. The summed E-state index contributed by atoms with van der Waals surface area (Å²) in [6.07, 6.45) is 0. The van der Waals surface area contributed by atoms with E-state index < -0.39 is 0 Å². The first-order valence-electron chi connectivity index (χ1n) is 8.43. The Morgan fingerprint density at radius 2 is 1.85 bits per heavy atom. The van der Waals surface area contributed by atoms with Crippen LogP contribution >= 0.6 is 0 Å². The molecule has 0 spiro atoms. The number of carbonyl (C=O) groups is 2. The molecule has 26 heavy (non-hydrogen) atoms. The molecule has 2 amide bonds. The lowest BCUT2D eigenvalue weighted by Crippen LogP contribution is -2.41. The maximum absolute atomic E-state index is 12.5. The predicted molar refractivity (Wildman–Crippen MR) is 95.1 cm³/mol. The zero-order chi connectivity index (χ0) is 18.4. The first kappa shape index (κ1) is 17.9. The van der Waals surface area contributed by atoms with Crippen LogP contribution in [0.2, 0.25) is 0 Å². The average molecular weight is 355 g/mol. The van der Waals surface area contributed by atoms with Crippen LogP contribution in [-0.2, 0) is 11.3 Å². The van der Waals surface area contributed by atoms with Crippen molar-refractivity contribution in [3.63, 3.8) is 0 Å². The summed E-state index contributed by atoms with van der Waals surface area (Å²) in [7, 11) is 1.59. The summed E-state index contributed by atoms with van der Waals surface area (Å²) < 4.78 is 10.5. The van der Waals surface area contributed by atoms with Gasteiger partial charge in [-0.2, -0.15) is 0 Å². The first-order chi connectivity index (χ1) is 12.7. The van der Waals surface area contributed by atoms with E-state index in [0.717, 1.165) is 5.56 Å². The molecular weight excluding hydrogens is 334 g/mol. The molecule has 0 bridgehead atoms. The molecule has 0 atom stereocenters. The van der Waals surface area contributed by atoms with Crippen LogP contribution in [0.3, 0.4) is 0 Å². The molecule has 136 valence electrons. The number of rotatable bonds is 5. The van der Waals surface area contributed by atoms with Gasteiger partial charge in [0.1, 0.15) is 17.1 Å².